The van der Waals surface area contributed by atoms with Crippen molar-refractivity contribution in [2.24, 2.45) is 62.1 Å². The number of carboxylic acids is 2. The number of ether oxygens (including phenoxy) is 4. The minimum absolute atomic E-state index is 0.0186. The Morgan fingerprint density at radius 1 is 0.700 bits per heavy atom. The van der Waals surface area contributed by atoms with Crippen molar-refractivity contribution in [2.45, 2.75) is 219 Å². The predicted octanol–water partition coefficient (Wildman–Crippen LogP) is 12.3. The van der Waals surface area contributed by atoms with Crippen LogP contribution in [-0.4, -0.2) is 112 Å². The number of hydrogen-bond acceptors (Lipinski definition) is 12. The molecule has 0 radical (unpaired) electrons. The molecule has 10 atom stereocenters. The van der Waals surface area contributed by atoms with E-state index in [0.29, 0.717) is 66.7 Å². The van der Waals surface area contributed by atoms with Crippen LogP contribution < -0.4 is 0 Å². The van der Waals surface area contributed by atoms with E-state index in [1.807, 2.05) is 48.5 Å². The summed E-state index contributed by atoms with van der Waals surface area (Å²) in [6, 6.07) is -0.258. The summed E-state index contributed by atoms with van der Waals surface area (Å²) in [5.41, 5.74) is -0.793. The van der Waals surface area contributed by atoms with Crippen molar-refractivity contribution in [3.05, 3.63) is 49.7 Å². The molecule has 80 heavy (non-hydrogen) atoms. The number of esters is 4. The summed E-state index contributed by atoms with van der Waals surface area (Å²) in [7, 11) is 0. The SMILES string of the molecule is C=C(C)C(=O)OC1CC2CCC1(C)C2(C)C.C=C(C)C(=O)OCC(C)C.C=CC(=O)O.C=CN1CCCC1=O.CCC(C)(CC(C)(CC(CC(C)N1CCCC1=O)C(=O)O)C(=O)OCC(C)C)C(=O)OC1CC2CCC1(C)C2(C)C. The van der Waals surface area contributed by atoms with Crippen LogP contribution in [0.5, 0.6) is 0 Å². The lowest BCUT2D eigenvalue weighted by atomic mass is 9.67. The third kappa shape index (κ3) is 17.9. The molecule has 16 nitrogen and oxygen atoms in total. The Labute approximate surface area is 480 Å². The molecular weight excluding hydrogens is 1020 g/mol. The molecule has 4 bridgehead atoms. The van der Waals surface area contributed by atoms with Gasteiger partial charge in [-0.15, -0.1) is 0 Å². The maximum Gasteiger partial charge on any atom is 0.333 e. The predicted molar refractivity (Wildman–Crippen MR) is 310 cm³/mol. The molecule has 2 amide bonds. The largest absolute Gasteiger partial charge is 0.481 e. The van der Waals surface area contributed by atoms with E-state index in [1.54, 1.807) is 36.8 Å². The second-order valence-electron chi connectivity index (χ2n) is 26.6. The number of carbonyl (C=O) groups is 8. The first-order chi connectivity index (χ1) is 36.8. The van der Waals surface area contributed by atoms with Crippen LogP contribution in [0.25, 0.3) is 0 Å². The fraction of sp³-hybridized carbons (Fsp3) is 0.750. The highest BCUT2D eigenvalue weighted by molar-refractivity contribution is 5.87. The van der Waals surface area contributed by atoms with E-state index in [1.165, 1.54) is 12.8 Å². The molecule has 454 valence electrons. The van der Waals surface area contributed by atoms with Gasteiger partial charge >= 0.3 is 35.8 Å². The van der Waals surface area contributed by atoms with Gasteiger partial charge in [0, 0.05) is 60.0 Å². The zero-order valence-electron chi connectivity index (χ0n) is 52.0. The summed E-state index contributed by atoms with van der Waals surface area (Å²) in [6.07, 6.45) is 12.7. The molecule has 0 aromatic carbocycles. The van der Waals surface area contributed by atoms with Crippen LogP contribution in [0, 0.1) is 62.1 Å². The van der Waals surface area contributed by atoms with Gasteiger partial charge < -0.3 is 39.0 Å². The van der Waals surface area contributed by atoms with Gasteiger partial charge in [0.2, 0.25) is 11.8 Å². The van der Waals surface area contributed by atoms with E-state index in [4.69, 9.17) is 24.1 Å². The molecule has 2 N–H and O–H groups in total. The Balaban J connectivity index is 0.000000449. The lowest BCUT2D eigenvalue weighted by Gasteiger charge is -2.41. The minimum Gasteiger partial charge on any atom is -0.481 e. The molecule has 16 heteroatoms. The molecular formula is C64H104N2O14. The third-order valence-electron chi connectivity index (χ3n) is 19.1. The minimum atomic E-state index is -1.23. The van der Waals surface area contributed by atoms with Crippen LogP contribution in [0.2, 0.25) is 0 Å². The number of aliphatic carboxylic acids is 2. The lowest BCUT2D eigenvalue weighted by Crippen LogP contribution is -2.45. The molecule has 0 spiro atoms. The number of carboxylic acid groups (broad SMARTS) is 2. The van der Waals surface area contributed by atoms with Crippen molar-refractivity contribution in [2.75, 3.05) is 26.3 Å². The van der Waals surface area contributed by atoms with Crippen LogP contribution in [-0.2, 0) is 57.3 Å². The highest BCUT2D eigenvalue weighted by Gasteiger charge is 2.64. The highest BCUT2D eigenvalue weighted by Crippen LogP contribution is 2.67. The van der Waals surface area contributed by atoms with Gasteiger partial charge in [-0.1, -0.05) is 102 Å². The van der Waals surface area contributed by atoms with Gasteiger partial charge in [0.1, 0.15) is 12.2 Å². The van der Waals surface area contributed by atoms with Crippen LogP contribution in [0.3, 0.4) is 0 Å². The topological polar surface area (TPSA) is 220 Å². The number of likely N-dealkylation sites (tertiary alicyclic amines) is 2. The van der Waals surface area contributed by atoms with Gasteiger partial charge in [0.25, 0.3) is 0 Å². The van der Waals surface area contributed by atoms with Crippen LogP contribution in [0.1, 0.15) is 201 Å². The van der Waals surface area contributed by atoms with Gasteiger partial charge in [-0.05, 0) is 152 Å². The van der Waals surface area contributed by atoms with Crippen molar-refractivity contribution >= 4 is 47.6 Å². The molecule has 6 rings (SSSR count). The first kappa shape index (κ1) is 70.8. The van der Waals surface area contributed by atoms with Crippen LogP contribution in [0.4, 0.5) is 0 Å². The molecule has 2 heterocycles. The average Bonchev–Trinajstić information content (AvgIpc) is 4.18. The summed E-state index contributed by atoms with van der Waals surface area (Å²) >= 11 is 0. The lowest BCUT2D eigenvalue weighted by molar-refractivity contribution is -0.174. The smallest absolute Gasteiger partial charge is 0.333 e. The number of carbonyl (C=O) groups excluding carboxylic acids is 6. The van der Waals surface area contributed by atoms with E-state index in [-0.39, 0.29) is 96.0 Å². The van der Waals surface area contributed by atoms with Crippen molar-refractivity contribution in [3.8, 4) is 0 Å². The fourth-order valence-electron chi connectivity index (χ4n) is 12.7. The van der Waals surface area contributed by atoms with Gasteiger partial charge in [-0.3, -0.25) is 24.0 Å². The number of rotatable bonds is 21. The Hall–Kier alpha value is -5.28. The summed E-state index contributed by atoms with van der Waals surface area (Å²) in [5.74, 6) is -2.21. The van der Waals surface area contributed by atoms with E-state index < -0.39 is 34.7 Å². The Kier molecular flexibility index (Phi) is 26.2. The molecule has 2 saturated heterocycles. The molecule has 10 unspecified atom stereocenters. The van der Waals surface area contributed by atoms with Crippen LogP contribution in [0.15, 0.2) is 49.7 Å². The number of hydrogen-bond donors (Lipinski definition) is 2. The number of amides is 2. The summed E-state index contributed by atoms with van der Waals surface area (Å²) in [4.78, 5) is 98.1. The van der Waals surface area contributed by atoms with Crippen molar-refractivity contribution in [3.63, 3.8) is 0 Å². The van der Waals surface area contributed by atoms with E-state index >= 15 is 0 Å². The standard InChI is InChI=1S/C33H55NO7.C14H22O2.C8H14O2.C6H9NO.C3H4O2/c1-10-31(7,29(39)41-25-17-24-13-14-33(25,9)30(24,5)6)20-32(8,28(38)40-19-21(2)3)18-23(27(36)37)16-22(4)34-15-11-12-26(34)35;1-9(2)12(15)16-11-8-10-6-7-14(11,5)13(10,3)4;1-6(2)5-10-8(9)7(3)4;1-2-7-5-3-4-6(7)8;1-2-3(4)5/h21-25H,10-20H2,1-9H3,(H,36,37);10-11H,1,6-8H2,2-5H3;6H,3,5H2,1-2,4H3;2H,1,3-5H2;2H,1H2,(H,4,5). The third-order valence-corrected chi connectivity index (χ3v) is 19.1. The summed E-state index contributed by atoms with van der Waals surface area (Å²) in [6.45, 7) is 48.1. The molecule has 6 aliphatic rings. The first-order valence-electron chi connectivity index (χ1n) is 29.2. The average molecular weight is 1130 g/mol. The van der Waals surface area contributed by atoms with Crippen LogP contribution >= 0.6 is 0 Å². The second kappa shape index (κ2) is 29.6. The molecule has 0 aromatic heterocycles. The van der Waals surface area contributed by atoms with Gasteiger partial charge in [-0.25, -0.2) is 14.4 Å². The van der Waals surface area contributed by atoms with Crippen molar-refractivity contribution in [1.29, 1.82) is 0 Å². The normalized spacial score (nSPS) is 26.7. The monoisotopic (exact) mass is 1120 g/mol. The maximum absolute atomic E-state index is 13.9. The zero-order chi connectivity index (χ0) is 61.5. The molecule has 4 aliphatic carbocycles. The van der Waals surface area contributed by atoms with E-state index in [2.05, 4.69) is 67.9 Å². The number of fused-ring (bicyclic) bond motifs is 4. The Bertz CT molecular complexity index is 2250. The van der Waals surface area contributed by atoms with Crippen molar-refractivity contribution in [1.82, 2.24) is 9.80 Å². The zero-order valence-corrected chi connectivity index (χ0v) is 52.0. The molecule has 0 aromatic rings. The molecule has 4 saturated carbocycles. The van der Waals surface area contributed by atoms with Gasteiger partial charge in [0.15, 0.2) is 0 Å². The maximum atomic E-state index is 13.9. The van der Waals surface area contributed by atoms with Crippen molar-refractivity contribution < 1.29 is 67.5 Å². The van der Waals surface area contributed by atoms with E-state index in [0.717, 1.165) is 51.1 Å². The highest BCUT2D eigenvalue weighted by atomic mass is 16.6. The Morgan fingerprint density at radius 2 is 1.16 bits per heavy atom. The van der Waals surface area contributed by atoms with Gasteiger partial charge in [-0.2, -0.15) is 0 Å². The van der Waals surface area contributed by atoms with E-state index in [9.17, 15) is 43.5 Å². The molecule has 2 aliphatic heterocycles. The fourth-order valence-corrected chi connectivity index (χ4v) is 12.7. The second-order valence-corrected chi connectivity index (χ2v) is 26.6. The quantitative estimate of drug-likeness (QED) is 0.0620. The summed E-state index contributed by atoms with van der Waals surface area (Å²) in [5, 5.41) is 17.8. The Morgan fingerprint density at radius 3 is 1.50 bits per heavy atom. The first-order valence-corrected chi connectivity index (χ1v) is 29.2. The summed E-state index contributed by atoms with van der Waals surface area (Å²) < 4.78 is 22.5. The molecule has 6 fully saturated rings. The number of nitrogens with zero attached hydrogens (tertiary/aromatic N) is 2. The van der Waals surface area contributed by atoms with Gasteiger partial charge in [0.05, 0.1) is 30.0 Å².